The van der Waals surface area contributed by atoms with E-state index in [1.807, 2.05) is 0 Å². The molecule has 0 aromatic carbocycles. The van der Waals surface area contributed by atoms with Crippen LogP contribution in [0.25, 0.3) is 0 Å². The molecule has 6 nitrogen and oxygen atoms in total. The molecule has 1 unspecified atom stereocenters. The number of rotatable bonds is 59. The van der Waals surface area contributed by atoms with E-state index in [0.717, 1.165) is 128 Å². The van der Waals surface area contributed by atoms with Crippen molar-refractivity contribution < 1.29 is 28.6 Å². The largest absolute Gasteiger partial charge is 0.462 e. The quantitative estimate of drug-likeness (QED) is 0.0261. The van der Waals surface area contributed by atoms with Crippen molar-refractivity contribution in [2.24, 2.45) is 0 Å². The van der Waals surface area contributed by atoms with Crippen LogP contribution in [0.5, 0.6) is 0 Å². The molecule has 0 fully saturated rings. The van der Waals surface area contributed by atoms with Crippen molar-refractivity contribution in [2.45, 2.75) is 309 Å². The highest BCUT2D eigenvalue weighted by Crippen LogP contribution is 2.16. The zero-order valence-corrected chi connectivity index (χ0v) is 51.6. The van der Waals surface area contributed by atoms with Gasteiger partial charge in [-0.25, -0.2) is 0 Å². The zero-order chi connectivity index (χ0) is 57.1. The van der Waals surface area contributed by atoms with E-state index in [0.29, 0.717) is 19.3 Å². The fourth-order valence-electron chi connectivity index (χ4n) is 9.09. The molecule has 0 aliphatic rings. The lowest BCUT2D eigenvalue weighted by molar-refractivity contribution is -0.167. The Hall–Kier alpha value is -4.19. The smallest absolute Gasteiger partial charge is 0.306 e. The van der Waals surface area contributed by atoms with E-state index >= 15 is 0 Å². The Kier molecular flexibility index (Phi) is 62.8. The van der Waals surface area contributed by atoms with Crippen molar-refractivity contribution in [3.63, 3.8) is 0 Å². The van der Waals surface area contributed by atoms with Gasteiger partial charge in [0.05, 0.1) is 0 Å². The van der Waals surface area contributed by atoms with Gasteiger partial charge < -0.3 is 14.2 Å². The molecule has 0 amide bonds. The first-order valence-electron chi connectivity index (χ1n) is 33.0. The standard InChI is InChI=1S/C73H122O6/c1-4-7-10-13-16-19-22-24-26-28-29-30-31-32-33-34-35-36-37-38-39-40-41-42-43-45-46-48-51-54-57-60-63-66-72(75)78-69-70(68-77-71(74)65-62-59-56-53-50-21-18-15-12-9-6-3)79-73(76)67-64-61-58-55-52-49-47-44-27-25-23-20-17-14-11-8-5-2/h7-8,10-11,16-17,19-20,24-27,29-30,32-33,35-36,38-39,70H,4-6,9,12-15,18,21-23,28,31,34,37,40-69H2,1-3H3/b10-7-,11-8-,19-16-,20-17-,26-24-,27-25-,30-29-,33-32-,36-35-,39-38-. The lowest BCUT2D eigenvalue weighted by Gasteiger charge is -2.18. The van der Waals surface area contributed by atoms with Gasteiger partial charge >= 0.3 is 17.9 Å². The highest BCUT2D eigenvalue weighted by molar-refractivity contribution is 5.71. The van der Waals surface area contributed by atoms with Crippen LogP contribution in [0.1, 0.15) is 303 Å². The molecular formula is C73H122O6. The molecule has 6 heteroatoms. The first kappa shape index (κ1) is 74.8. The molecule has 0 spiro atoms. The second-order valence-electron chi connectivity index (χ2n) is 21.6. The van der Waals surface area contributed by atoms with Crippen LogP contribution in [0.3, 0.4) is 0 Å². The van der Waals surface area contributed by atoms with Gasteiger partial charge in [-0.3, -0.25) is 14.4 Å². The van der Waals surface area contributed by atoms with Crippen LogP contribution in [0.2, 0.25) is 0 Å². The maximum absolute atomic E-state index is 12.9. The second-order valence-corrected chi connectivity index (χ2v) is 21.6. The third-order valence-corrected chi connectivity index (χ3v) is 14.0. The molecule has 450 valence electrons. The normalized spacial score (nSPS) is 12.9. The maximum atomic E-state index is 12.9. The van der Waals surface area contributed by atoms with Gasteiger partial charge in [0.15, 0.2) is 6.10 Å². The van der Waals surface area contributed by atoms with Crippen molar-refractivity contribution in [3.8, 4) is 0 Å². The molecule has 0 aromatic heterocycles. The van der Waals surface area contributed by atoms with Gasteiger partial charge in [-0.2, -0.15) is 0 Å². The summed E-state index contributed by atoms with van der Waals surface area (Å²) in [4.78, 5) is 38.3. The summed E-state index contributed by atoms with van der Waals surface area (Å²) < 4.78 is 16.9. The van der Waals surface area contributed by atoms with Crippen molar-refractivity contribution in [1.82, 2.24) is 0 Å². The Morgan fingerprint density at radius 3 is 0.772 bits per heavy atom. The Balaban J connectivity index is 4.21. The second kappa shape index (κ2) is 66.3. The van der Waals surface area contributed by atoms with E-state index in [-0.39, 0.29) is 31.1 Å². The number of esters is 3. The molecule has 0 saturated heterocycles. The lowest BCUT2D eigenvalue weighted by Crippen LogP contribution is -2.30. The van der Waals surface area contributed by atoms with Crippen LogP contribution in [-0.4, -0.2) is 37.2 Å². The van der Waals surface area contributed by atoms with E-state index in [2.05, 4.69) is 142 Å². The first-order chi connectivity index (χ1) is 39.0. The SMILES string of the molecule is CC/C=C\C/C=C\C/C=C\C/C=C\C/C=C\C/C=C\C/C=C\CCCCCCCCCCCCCC(=O)OCC(COC(=O)CCCCCCCCCCCCC)OC(=O)CCCCCCCCC/C=C\C/C=C\C/C=C\CC. The molecule has 0 radical (unpaired) electrons. The van der Waals surface area contributed by atoms with Gasteiger partial charge in [-0.05, 0) is 109 Å². The predicted molar refractivity (Wildman–Crippen MR) is 343 cm³/mol. The molecule has 0 aliphatic heterocycles. The van der Waals surface area contributed by atoms with E-state index < -0.39 is 6.10 Å². The summed E-state index contributed by atoms with van der Waals surface area (Å²) in [7, 11) is 0. The minimum atomic E-state index is -0.785. The van der Waals surface area contributed by atoms with Gasteiger partial charge in [0.2, 0.25) is 0 Å². The van der Waals surface area contributed by atoms with E-state index in [1.54, 1.807) is 0 Å². The molecule has 0 aromatic rings. The Morgan fingerprint density at radius 1 is 0.266 bits per heavy atom. The molecule has 0 N–H and O–H groups in total. The molecule has 0 heterocycles. The van der Waals surface area contributed by atoms with E-state index in [4.69, 9.17) is 14.2 Å². The van der Waals surface area contributed by atoms with Crippen molar-refractivity contribution in [3.05, 3.63) is 122 Å². The van der Waals surface area contributed by atoms with Gasteiger partial charge in [0, 0.05) is 19.3 Å². The maximum Gasteiger partial charge on any atom is 0.306 e. The molecular weight excluding hydrogens is 973 g/mol. The molecule has 1 atom stereocenters. The number of carbonyl (C=O) groups excluding carboxylic acids is 3. The van der Waals surface area contributed by atoms with Crippen LogP contribution in [0.15, 0.2) is 122 Å². The average molecular weight is 1100 g/mol. The summed E-state index contributed by atoms with van der Waals surface area (Å²) in [5, 5.41) is 0. The van der Waals surface area contributed by atoms with Gasteiger partial charge in [-0.1, -0.05) is 296 Å². The van der Waals surface area contributed by atoms with Crippen LogP contribution in [-0.2, 0) is 28.6 Å². The van der Waals surface area contributed by atoms with Crippen molar-refractivity contribution in [1.29, 1.82) is 0 Å². The number of carbonyl (C=O) groups is 3. The summed E-state index contributed by atoms with van der Waals surface area (Å²) in [6.45, 7) is 6.41. The van der Waals surface area contributed by atoms with Crippen LogP contribution < -0.4 is 0 Å². The molecule has 0 saturated carbocycles. The third-order valence-electron chi connectivity index (χ3n) is 14.0. The number of ether oxygens (including phenoxy) is 3. The molecule has 0 aliphatic carbocycles. The topological polar surface area (TPSA) is 78.9 Å². The summed E-state index contributed by atoms with van der Waals surface area (Å²) in [5.41, 5.74) is 0. The van der Waals surface area contributed by atoms with Crippen molar-refractivity contribution >= 4 is 17.9 Å². The van der Waals surface area contributed by atoms with E-state index in [9.17, 15) is 14.4 Å². The first-order valence-corrected chi connectivity index (χ1v) is 33.0. The number of hydrogen-bond donors (Lipinski definition) is 0. The van der Waals surface area contributed by atoms with Crippen LogP contribution in [0, 0.1) is 0 Å². The fourth-order valence-corrected chi connectivity index (χ4v) is 9.09. The van der Waals surface area contributed by atoms with Crippen LogP contribution >= 0.6 is 0 Å². The average Bonchev–Trinajstić information content (AvgIpc) is 3.45. The molecule has 0 bridgehead atoms. The summed E-state index contributed by atoms with van der Waals surface area (Å²) in [5.74, 6) is -0.888. The Labute approximate surface area is 488 Å². The summed E-state index contributed by atoms with van der Waals surface area (Å²) in [6.07, 6.45) is 92.1. The van der Waals surface area contributed by atoms with Gasteiger partial charge in [0.1, 0.15) is 13.2 Å². The minimum absolute atomic E-state index is 0.0813. The number of allylic oxidation sites excluding steroid dienone is 20. The molecule has 79 heavy (non-hydrogen) atoms. The lowest BCUT2D eigenvalue weighted by atomic mass is 10.0. The van der Waals surface area contributed by atoms with Crippen molar-refractivity contribution in [2.75, 3.05) is 13.2 Å². The highest BCUT2D eigenvalue weighted by Gasteiger charge is 2.19. The predicted octanol–water partition coefficient (Wildman–Crippen LogP) is 22.8. The van der Waals surface area contributed by atoms with Crippen LogP contribution in [0.4, 0.5) is 0 Å². The Morgan fingerprint density at radius 2 is 0.494 bits per heavy atom. The number of hydrogen-bond acceptors (Lipinski definition) is 6. The fraction of sp³-hybridized carbons (Fsp3) is 0.685. The van der Waals surface area contributed by atoms with Gasteiger partial charge in [-0.15, -0.1) is 0 Å². The number of unbranched alkanes of at least 4 members (excludes halogenated alkanes) is 28. The summed E-state index contributed by atoms with van der Waals surface area (Å²) in [6, 6.07) is 0. The zero-order valence-electron chi connectivity index (χ0n) is 51.6. The Bertz CT molecular complexity index is 1640. The summed E-state index contributed by atoms with van der Waals surface area (Å²) >= 11 is 0. The van der Waals surface area contributed by atoms with E-state index in [1.165, 1.54) is 135 Å². The third kappa shape index (κ3) is 64.5. The highest BCUT2D eigenvalue weighted by atomic mass is 16.6. The molecule has 0 rings (SSSR count). The monoisotopic (exact) mass is 1090 g/mol. The minimum Gasteiger partial charge on any atom is -0.462 e. The van der Waals surface area contributed by atoms with Gasteiger partial charge in [0.25, 0.3) is 0 Å².